The van der Waals surface area contributed by atoms with Crippen molar-refractivity contribution in [2.75, 3.05) is 49.5 Å². The number of carbonyl (C=O) groups excluding carboxylic acids is 2. The number of nitrogens with one attached hydrogen (secondary N) is 2. The van der Waals surface area contributed by atoms with Crippen molar-refractivity contribution in [3.8, 4) is 0 Å². The number of nitrogens with zero attached hydrogens (tertiary/aromatic N) is 2. The first-order valence-electron chi connectivity index (χ1n) is 9.94. The van der Waals surface area contributed by atoms with Gasteiger partial charge in [-0.1, -0.05) is 0 Å². The number of ether oxygens (including phenoxy) is 1. The van der Waals surface area contributed by atoms with Crippen molar-refractivity contribution < 1.29 is 14.3 Å². The van der Waals surface area contributed by atoms with Gasteiger partial charge in [0.1, 0.15) is 0 Å². The lowest BCUT2D eigenvalue weighted by Crippen LogP contribution is -2.49. The number of hydrogen-bond acceptors (Lipinski definition) is 5. The number of hydrogen-bond donors (Lipinski definition) is 2. The Hall–Kier alpha value is -2.28. The summed E-state index contributed by atoms with van der Waals surface area (Å²) in [6, 6.07) is 8.10. The summed E-state index contributed by atoms with van der Waals surface area (Å²) in [5, 5.41) is 5.84. The van der Waals surface area contributed by atoms with E-state index in [1.54, 1.807) is 6.92 Å². The molecule has 2 saturated heterocycles. The van der Waals surface area contributed by atoms with E-state index in [4.69, 9.17) is 4.74 Å². The molecule has 0 aromatic heterocycles. The minimum Gasteiger partial charge on any atom is -0.450 e. The van der Waals surface area contributed by atoms with E-state index in [1.807, 2.05) is 12.1 Å². The molecular weight excluding hydrogens is 344 g/mol. The van der Waals surface area contributed by atoms with Gasteiger partial charge in [0.2, 0.25) is 5.91 Å². The average Bonchev–Trinajstić information content (AvgIpc) is 3.17. The van der Waals surface area contributed by atoms with Gasteiger partial charge in [-0.25, -0.2) is 4.79 Å². The quantitative estimate of drug-likeness (QED) is 0.800. The normalized spacial score (nSPS) is 20.3. The molecule has 7 nitrogen and oxygen atoms in total. The number of carbonyl (C=O) groups is 2. The Morgan fingerprint density at radius 3 is 2.56 bits per heavy atom. The number of alkyl carbamates (subject to hydrolysis) is 1. The first-order chi connectivity index (χ1) is 13.1. The summed E-state index contributed by atoms with van der Waals surface area (Å²) in [4.78, 5) is 28.4. The van der Waals surface area contributed by atoms with Gasteiger partial charge in [-0.15, -0.1) is 0 Å². The molecule has 0 bridgehead atoms. The van der Waals surface area contributed by atoms with E-state index in [-0.39, 0.29) is 18.0 Å². The van der Waals surface area contributed by atoms with Crippen LogP contribution in [0.1, 0.15) is 32.6 Å². The van der Waals surface area contributed by atoms with Crippen LogP contribution in [0.15, 0.2) is 24.3 Å². The van der Waals surface area contributed by atoms with Crippen LogP contribution in [0.25, 0.3) is 0 Å². The highest BCUT2D eigenvalue weighted by Crippen LogP contribution is 2.22. The minimum absolute atomic E-state index is 0.0271. The third-order valence-corrected chi connectivity index (χ3v) is 5.09. The van der Waals surface area contributed by atoms with E-state index < -0.39 is 0 Å². The molecule has 2 heterocycles. The molecule has 1 atom stereocenters. The first kappa shape index (κ1) is 19.5. The third kappa shape index (κ3) is 5.85. The molecule has 0 spiro atoms. The Labute approximate surface area is 161 Å². The Morgan fingerprint density at radius 1 is 1.11 bits per heavy atom. The predicted molar refractivity (Wildman–Crippen MR) is 106 cm³/mol. The summed E-state index contributed by atoms with van der Waals surface area (Å²) in [5.74, 6) is -0.0271. The number of benzene rings is 1. The van der Waals surface area contributed by atoms with Crippen LogP contribution in [0.2, 0.25) is 0 Å². The second-order valence-corrected chi connectivity index (χ2v) is 7.23. The van der Waals surface area contributed by atoms with E-state index in [1.165, 1.54) is 18.5 Å². The third-order valence-electron chi connectivity index (χ3n) is 5.09. The fourth-order valence-corrected chi connectivity index (χ4v) is 3.79. The van der Waals surface area contributed by atoms with Crippen molar-refractivity contribution in [2.45, 2.75) is 38.6 Å². The molecule has 148 valence electrons. The number of rotatable bonds is 6. The Kier molecular flexibility index (Phi) is 6.92. The molecule has 2 amide bonds. The van der Waals surface area contributed by atoms with E-state index >= 15 is 0 Å². The molecule has 2 aliphatic rings. The highest BCUT2D eigenvalue weighted by molar-refractivity contribution is 5.92. The summed E-state index contributed by atoms with van der Waals surface area (Å²) in [6.07, 6.45) is 3.98. The number of anilines is 2. The summed E-state index contributed by atoms with van der Waals surface area (Å²) >= 11 is 0. The predicted octanol–water partition coefficient (Wildman–Crippen LogP) is 2.44. The zero-order chi connectivity index (χ0) is 19.1. The van der Waals surface area contributed by atoms with Crippen LogP contribution >= 0.6 is 0 Å². The van der Waals surface area contributed by atoms with Crippen LogP contribution in [-0.4, -0.2) is 62.3 Å². The molecule has 0 saturated carbocycles. The molecule has 7 heteroatoms. The van der Waals surface area contributed by atoms with Gasteiger partial charge in [-0.3, -0.25) is 9.69 Å². The van der Waals surface area contributed by atoms with Crippen molar-refractivity contribution in [2.24, 2.45) is 0 Å². The molecule has 2 fully saturated rings. The van der Waals surface area contributed by atoms with E-state index in [0.29, 0.717) is 19.7 Å². The second kappa shape index (κ2) is 9.60. The van der Waals surface area contributed by atoms with Gasteiger partial charge >= 0.3 is 6.09 Å². The zero-order valence-corrected chi connectivity index (χ0v) is 16.1. The number of piperidine rings is 1. The Balaban J connectivity index is 1.45. The molecule has 2 N–H and O–H groups in total. The topological polar surface area (TPSA) is 73.9 Å². The van der Waals surface area contributed by atoms with Crippen LogP contribution in [0, 0.1) is 0 Å². The van der Waals surface area contributed by atoms with Crippen molar-refractivity contribution in [3.05, 3.63) is 24.3 Å². The molecular formula is C20H30N4O3. The van der Waals surface area contributed by atoms with E-state index in [9.17, 15) is 9.59 Å². The summed E-state index contributed by atoms with van der Waals surface area (Å²) < 4.78 is 4.94. The molecule has 2 aliphatic heterocycles. The standard InChI is InChI=1S/C20H30N4O3/c1-2-27-20(26)22-17-6-5-11-23(14-17)15-19(25)21-16-7-9-18(10-8-16)24-12-3-4-13-24/h7-10,17H,2-6,11-15H2,1H3,(H,21,25)(H,22,26). The fourth-order valence-electron chi connectivity index (χ4n) is 3.79. The molecule has 3 rings (SSSR count). The SMILES string of the molecule is CCOC(=O)NC1CCCN(CC(=O)Nc2ccc(N3CCCC3)cc2)C1. The molecule has 1 aromatic carbocycles. The summed E-state index contributed by atoms with van der Waals surface area (Å²) in [5.41, 5.74) is 2.04. The van der Waals surface area contributed by atoms with E-state index in [2.05, 4.69) is 32.6 Å². The number of amides is 2. The molecule has 0 aliphatic carbocycles. The molecule has 1 unspecified atom stereocenters. The fraction of sp³-hybridized carbons (Fsp3) is 0.600. The summed E-state index contributed by atoms with van der Waals surface area (Å²) in [7, 11) is 0. The minimum atomic E-state index is -0.383. The highest BCUT2D eigenvalue weighted by atomic mass is 16.5. The largest absolute Gasteiger partial charge is 0.450 e. The van der Waals surface area contributed by atoms with E-state index in [0.717, 1.165) is 38.2 Å². The van der Waals surface area contributed by atoms with Crippen molar-refractivity contribution >= 4 is 23.4 Å². The van der Waals surface area contributed by atoms with Crippen molar-refractivity contribution in [1.29, 1.82) is 0 Å². The van der Waals surface area contributed by atoms with Gasteiger partial charge in [0, 0.05) is 37.1 Å². The Bertz CT molecular complexity index is 629. The lowest BCUT2D eigenvalue weighted by Gasteiger charge is -2.32. The van der Waals surface area contributed by atoms with Crippen LogP contribution in [0.5, 0.6) is 0 Å². The maximum Gasteiger partial charge on any atom is 0.407 e. The lowest BCUT2D eigenvalue weighted by molar-refractivity contribution is -0.117. The monoisotopic (exact) mass is 374 g/mol. The van der Waals surface area contributed by atoms with Gasteiger partial charge < -0.3 is 20.3 Å². The molecule has 1 aromatic rings. The van der Waals surface area contributed by atoms with Gasteiger partial charge in [0.25, 0.3) is 0 Å². The first-order valence-corrected chi connectivity index (χ1v) is 9.94. The second-order valence-electron chi connectivity index (χ2n) is 7.23. The average molecular weight is 374 g/mol. The van der Waals surface area contributed by atoms with Crippen molar-refractivity contribution in [3.63, 3.8) is 0 Å². The number of likely N-dealkylation sites (tertiary alicyclic amines) is 1. The van der Waals surface area contributed by atoms with Crippen LogP contribution < -0.4 is 15.5 Å². The van der Waals surface area contributed by atoms with Crippen molar-refractivity contribution in [1.82, 2.24) is 10.2 Å². The van der Waals surface area contributed by atoms with Crippen LogP contribution in [0.4, 0.5) is 16.2 Å². The van der Waals surface area contributed by atoms with Crippen LogP contribution in [0.3, 0.4) is 0 Å². The highest BCUT2D eigenvalue weighted by Gasteiger charge is 2.23. The van der Waals surface area contributed by atoms with Gasteiger partial charge in [0.05, 0.1) is 13.2 Å². The zero-order valence-electron chi connectivity index (χ0n) is 16.1. The van der Waals surface area contributed by atoms with Crippen LogP contribution in [-0.2, 0) is 9.53 Å². The van der Waals surface area contributed by atoms with Gasteiger partial charge in [-0.05, 0) is 63.4 Å². The maximum absolute atomic E-state index is 12.4. The maximum atomic E-state index is 12.4. The van der Waals surface area contributed by atoms with Gasteiger partial charge in [0.15, 0.2) is 0 Å². The molecule has 0 radical (unpaired) electrons. The smallest absolute Gasteiger partial charge is 0.407 e. The van der Waals surface area contributed by atoms with Gasteiger partial charge in [-0.2, -0.15) is 0 Å². The summed E-state index contributed by atoms with van der Waals surface area (Å²) in [6.45, 7) is 6.23. The Morgan fingerprint density at radius 2 is 1.85 bits per heavy atom. The lowest BCUT2D eigenvalue weighted by atomic mass is 10.1. The molecule has 27 heavy (non-hydrogen) atoms.